The lowest BCUT2D eigenvalue weighted by atomic mass is 10.2. The summed E-state index contributed by atoms with van der Waals surface area (Å²) >= 11 is 1.35. The van der Waals surface area contributed by atoms with Gasteiger partial charge in [-0.1, -0.05) is 11.8 Å². The van der Waals surface area contributed by atoms with Crippen molar-refractivity contribution in [3.63, 3.8) is 0 Å². The molecule has 0 saturated heterocycles. The molecule has 0 aliphatic heterocycles. The van der Waals surface area contributed by atoms with E-state index in [1.165, 1.54) is 11.8 Å². The number of carbonyl (C=O) groups is 1. The van der Waals surface area contributed by atoms with Crippen molar-refractivity contribution in [2.24, 2.45) is 0 Å². The zero-order chi connectivity index (χ0) is 17.7. The second-order valence-corrected chi connectivity index (χ2v) is 6.91. The largest absolute Gasteiger partial charge is 0.497 e. The van der Waals surface area contributed by atoms with E-state index in [1.807, 2.05) is 56.9 Å². The molecule has 0 fully saturated rings. The molecule has 24 heavy (non-hydrogen) atoms. The maximum absolute atomic E-state index is 12.4. The highest BCUT2D eigenvalue weighted by atomic mass is 32.2. The smallest absolute Gasteiger partial charge is 0.233 e. The molecular weight excluding hydrogens is 324 g/mol. The molecule has 6 nitrogen and oxygen atoms in total. The maximum atomic E-state index is 12.4. The molecule has 0 unspecified atom stereocenters. The van der Waals surface area contributed by atoms with Crippen LogP contribution in [0.4, 0.5) is 0 Å². The highest BCUT2D eigenvalue weighted by molar-refractivity contribution is 7.99. The summed E-state index contributed by atoms with van der Waals surface area (Å²) in [5.41, 5.74) is 0.924. The fourth-order valence-electron chi connectivity index (χ4n) is 2.56. The molecule has 130 valence electrons. The number of thioether (sulfide) groups is 1. The first kappa shape index (κ1) is 18.3. The van der Waals surface area contributed by atoms with Gasteiger partial charge < -0.3 is 9.64 Å². The first-order chi connectivity index (χ1) is 11.4. The average Bonchev–Trinajstić information content (AvgIpc) is 3.01. The van der Waals surface area contributed by atoms with Crippen molar-refractivity contribution in [2.75, 3.05) is 12.9 Å². The lowest BCUT2D eigenvalue weighted by molar-refractivity contribution is -0.131. The molecule has 7 heteroatoms. The van der Waals surface area contributed by atoms with E-state index in [0.29, 0.717) is 16.7 Å². The topological polar surface area (TPSA) is 71.1 Å². The lowest BCUT2D eigenvalue weighted by Crippen LogP contribution is -2.43. The Morgan fingerprint density at radius 2 is 1.83 bits per heavy atom. The predicted octanol–water partition coefficient (Wildman–Crippen LogP) is 3.22. The van der Waals surface area contributed by atoms with Gasteiger partial charge in [-0.05, 0) is 52.0 Å². The van der Waals surface area contributed by atoms with E-state index < -0.39 is 0 Å². The van der Waals surface area contributed by atoms with Gasteiger partial charge in [-0.2, -0.15) is 0 Å². The number of methoxy groups -OCH3 is 1. The lowest BCUT2D eigenvalue weighted by Gasteiger charge is -2.30. The highest BCUT2D eigenvalue weighted by Gasteiger charge is 2.20. The maximum Gasteiger partial charge on any atom is 0.233 e. The zero-order valence-corrected chi connectivity index (χ0v) is 15.6. The Morgan fingerprint density at radius 1 is 1.21 bits per heavy atom. The number of nitrogens with zero attached hydrogens (tertiary/aromatic N) is 3. The van der Waals surface area contributed by atoms with E-state index in [-0.39, 0.29) is 18.0 Å². The summed E-state index contributed by atoms with van der Waals surface area (Å²) in [7, 11) is 1.63. The summed E-state index contributed by atoms with van der Waals surface area (Å²) < 4.78 is 5.14. The van der Waals surface area contributed by atoms with Gasteiger partial charge in [-0.3, -0.25) is 9.89 Å². The molecule has 1 aromatic heterocycles. The van der Waals surface area contributed by atoms with Gasteiger partial charge in [0.2, 0.25) is 11.1 Å². The Bertz CT molecular complexity index is 659. The van der Waals surface area contributed by atoms with Gasteiger partial charge in [0.25, 0.3) is 0 Å². The molecule has 1 amide bonds. The van der Waals surface area contributed by atoms with Crippen LogP contribution < -0.4 is 4.74 Å². The van der Waals surface area contributed by atoms with Crippen LogP contribution in [0.15, 0.2) is 29.4 Å². The average molecular weight is 348 g/mol. The van der Waals surface area contributed by atoms with Crippen molar-refractivity contribution in [1.82, 2.24) is 20.1 Å². The van der Waals surface area contributed by atoms with Gasteiger partial charge in [0, 0.05) is 17.6 Å². The number of H-pyrrole nitrogens is 1. The SMILES string of the molecule is COc1ccc(-c2nc(SCC(=O)N(C(C)C)C(C)C)n[nH]2)cc1. The number of rotatable bonds is 7. The van der Waals surface area contributed by atoms with Crippen LogP contribution in [0.5, 0.6) is 5.75 Å². The fraction of sp³-hybridized carbons (Fsp3) is 0.471. The van der Waals surface area contributed by atoms with Gasteiger partial charge >= 0.3 is 0 Å². The van der Waals surface area contributed by atoms with Crippen LogP contribution in [0.3, 0.4) is 0 Å². The summed E-state index contributed by atoms with van der Waals surface area (Å²) in [6.45, 7) is 8.10. The molecule has 1 aromatic carbocycles. The standard InChI is InChI=1S/C17H24N4O2S/c1-11(2)21(12(3)4)15(22)10-24-17-18-16(19-20-17)13-6-8-14(23-5)9-7-13/h6-9,11-12H,10H2,1-5H3,(H,18,19,20). The van der Waals surface area contributed by atoms with Crippen LogP contribution in [0.25, 0.3) is 11.4 Å². The summed E-state index contributed by atoms with van der Waals surface area (Å²) in [4.78, 5) is 18.7. The number of aromatic amines is 1. The number of amides is 1. The van der Waals surface area contributed by atoms with Gasteiger partial charge in [-0.25, -0.2) is 4.98 Å². The van der Waals surface area contributed by atoms with E-state index in [4.69, 9.17) is 4.74 Å². The number of hydrogen-bond donors (Lipinski definition) is 1. The number of ether oxygens (including phenoxy) is 1. The number of nitrogens with one attached hydrogen (secondary N) is 1. The first-order valence-electron chi connectivity index (χ1n) is 7.93. The summed E-state index contributed by atoms with van der Waals surface area (Å²) in [6, 6.07) is 7.94. The molecule has 2 rings (SSSR count). The number of carbonyl (C=O) groups excluding carboxylic acids is 1. The van der Waals surface area contributed by atoms with E-state index in [2.05, 4.69) is 15.2 Å². The minimum absolute atomic E-state index is 0.0980. The van der Waals surface area contributed by atoms with E-state index in [1.54, 1.807) is 7.11 Å². The third-order valence-electron chi connectivity index (χ3n) is 3.55. The minimum atomic E-state index is 0.0980. The van der Waals surface area contributed by atoms with E-state index in [0.717, 1.165) is 11.3 Å². The zero-order valence-electron chi connectivity index (χ0n) is 14.7. The first-order valence-corrected chi connectivity index (χ1v) is 8.91. The van der Waals surface area contributed by atoms with Crippen LogP contribution >= 0.6 is 11.8 Å². The summed E-state index contributed by atoms with van der Waals surface area (Å²) in [5, 5.41) is 7.66. The third kappa shape index (κ3) is 4.50. The van der Waals surface area contributed by atoms with Crippen LogP contribution in [-0.2, 0) is 4.79 Å². The van der Waals surface area contributed by atoms with Crippen molar-refractivity contribution in [3.05, 3.63) is 24.3 Å². The highest BCUT2D eigenvalue weighted by Crippen LogP contribution is 2.22. The Hall–Kier alpha value is -2.02. The Labute approximate surface area is 147 Å². The monoisotopic (exact) mass is 348 g/mol. The molecule has 0 radical (unpaired) electrons. The van der Waals surface area contributed by atoms with Crippen LogP contribution in [-0.4, -0.2) is 50.9 Å². The molecule has 1 N–H and O–H groups in total. The molecule has 0 aliphatic carbocycles. The Kier molecular flexibility index (Phi) is 6.25. The van der Waals surface area contributed by atoms with Crippen LogP contribution in [0, 0.1) is 0 Å². The molecule has 0 aliphatic rings. The van der Waals surface area contributed by atoms with E-state index in [9.17, 15) is 4.79 Å². The van der Waals surface area contributed by atoms with Gasteiger partial charge in [0.1, 0.15) is 5.75 Å². The van der Waals surface area contributed by atoms with Crippen molar-refractivity contribution in [3.8, 4) is 17.1 Å². The second kappa shape index (κ2) is 8.19. The summed E-state index contributed by atoms with van der Waals surface area (Å²) in [5.74, 6) is 1.90. The normalized spacial score (nSPS) is 11.1. The predicted molar refractivity (Wildman–Crippen MR) is 96.2 cm³/mol. The number of aromatic nitrogens is 3. The van der Waals surface area contributed by atoms with Crippen molar-refractivity contribution < 1.29 is 9.53 Å². The quantitative estimate of drug-likeness (QED) is 0.778. The Balaban J connectivity index is 1.99. The van der Waals surface area contributed by atoms with Gasteiger partial charge in [0.15, 0.2) is 5.82 Å². The van der Waals surface area contributed by atoms with Gasteiger partial charge in [-0.15, -0.1) is 5.10 Å². The van der Waals surface area contributed by atoms with Crippen LogP contribution in [0.1, 0.15) is 27.7 Å². The second-order valence-electron chi connectivity index (χ2n) is 5.97. The molecular formula is C17H24N4O2S. The van der Waals surface area contributed by atoms with E-state index >= 15 is 0 Å². The van der Waals surface area contributed by atoms with Crippen LogP contribution in [0.2, 0.25) is 0 Å². The summed E-state index contributed by atoms with van der Waals surface area (Å²) in [6.07, 6.45) is 0. The number of benzene rings is 1. The Morgan fingerprint density at radius 3 is 2.38 bits per heavy atom. The molecule has 2 aromatic rings. The third-order valence-corrected chi connectivity index (χ3v) is 4.39. The van der Waals surface area contributed by atoms with Crippen molar-refractivity contribution in [1.29, 1.82) is 0 Å². The van der Waals surface area contributed by atoms with Crippen molar-refractivity contribution >= 4 is 17.7 Å². The number of hydrogen-bond acceptors (Lipinski definition) is 5. The minimum Gasteiger partial charge on any atom is -0.497 e. The molecule has 0 spiro atoms. The molecule has 0 bridgehead atoms. The van der Waals surface area contributed by atoms with Crippen molar-refractivity contribution in [2.45, 2.75) is 44.9 Å². The van der Waals surface area contributed by atoms with Gasteiger partial charge in [0.05, 0.1) is 12.9 Å². The molecule has 0 saturated carbocycles. The fourth-order valence-corrected chi connectivity index (χ4v) is 3.23. The molecule has 0 atom stereocenters. The molecule has 1 heterocycles.